The molecule has 66 valence electrons. The first-order valence-electron chi connectivity index (χ1n) is 4.39. The van der Waals surface area contributed by atoms with Crippen LogP contribution < -0.4 is 5.32 Å². The highest BCUT2D eigenvalue weighted by atomic mass is 16.5. The Morgan fingerprint density at radius 3 is 2.64 bits per heavy atom. The van der Waals surface area contributed by atoms with E-state index in [-0.39, 0.29) is 0 Å². The number of ether oxygens (including phenoxy) is 1. The number of morpholine rings is 1. The Kier molecular flexibility index (Phi) is 2.90. The van der Waals surface area contributed by atoms with E-state index in [0.29, 0.717) is 11.5 Å². The molecule has 0 bridgehead atoms. The van der Waals surface area contributed by atoms with Gasteiger partial charge in [0.05, 0.1) is 13.2 Å². The van der Waals surface area contributed by atoms with Gasteiger partial charge in [-0.15, -0.1) is 0 Å². The molecule has 2 nitrogen and oxygen atoms in total. The summed E-state index contributed by atoms with van der Waals surface area (Å²) in [5.74, 6) is 0. The molecule has 0 aromatic carbocycles. The summed E-state index contributed by atoms with van der Waals surface area (Å²) in [4.78, 5) is 0. The third-order valence-electron chi connectivity index (χ3n) is 1.86. The van der Waals surface area contributed by atoms with Gasteiger partial charge in [0.1, 0.15) is 0 Å². The van der Waals surface area contributed by atoms with Crippen LogP contribution in [0.2, 0.25) is 0 Å². The molecular weight excluding hydrogens is 138 g/mol. The molecule has 1 saturated heterocycles. The molecule has 11 heavy (non-hydrogen) atoms. The highest BCUT2D eigenvalue weighted by molar-refractivity contribution is 4.76. The van der Waals surface area contributed by atoms with Crippen molar-refractivity contribution in [3.63, 3.8) is 0 Å². The van der Waals surface area contributed by atoms with Crippen LogP contribution in [-0.4, -0.2) is 25.8 Å². The van der Waals surface area contributed by atoms with E-state index < -0.39 is 0 Å². The summed E-state index contributed by atoms with van der Waals surface area (Å²) >= 11 is 0. The van der Waals surface area contributed by atoms with Crippen molar-refractivity contribution in [2.24, 2.45) is 5.41 Å². The quantitative estimate of drug-likeness (QED) is 0.621. The van der Waals surface area contributed by atoms with Crippen molar-refractivity contribution in [2.75, 3.05) is 19.8 Å². The van der Waals surface area contributed by atoms with E-state index in [0.717, 1.165) is 19.8 Å². The van der Waals surface area contributed by atoms with Gasteiger partial charge in [-0.25, -0.2) is 0 Å². The number of hydrogen-bond donors (Lipinski definition) is 1. The second-order valence-corrected chi connectivity index (χ2v) is 4.49. The SMILES string of the molecule is CC(C)(C)C[C@@H]1COCCN1. The van der Waals surface area contributed by atoms with Crippen LogP contribution >= 0.6 is 0 Å². The van der Waals surface area contributed by atoms with Crippen LogP contribution in [0.15, 0.2) is 0 Å². The van der Waals surface area contributed by atoms with E-state index in [9.17, 15) is 0 Å². The van der Waals surface area contributed by atoms with Crippen LogP contribution in [0.3, 0.4) is 0 Å². The molecule has 0 spiro atoms. The summed E-state index contributed by atoms with van der Waals surface area (Å²) in [6.45, 7) is 9.58. The Morgan fingerprint density at radius 2 is 2.18 bits per heavy atom. The van der Waals surface area contributed by atoms with E-state index in [4.69, 9.17) is 4.74 Å². The molecule has 0 saturated carbocycles. The average molecular weight is 157 g/mol. The Balaban J connectivity index is 2.24. The summed E-state index contributed by atoms with van der Waals surface area (Å²) in [5, 5.41) is 3.45. The molecule has 0 aromatic rings. The van der Waals surface area contributed by atoms with Crippen molar-refractivity contribution in [3.05, 3.63) is 0 Å². The topological polar surface area (TPSA) is 21.3 Å². The third kappa shape index (κ3) is 3.73. The Bertz CT molecular complexity index is 111. The number of nitrogens with one attached hydrogen (secondary N) is 1. The zero-order valence-corrected chi connectivity index (χ0v) is 7.81. The predicted octanol–water partition coefficient (Wildman–Crippen LogP) is 1.41. The van der Waals surface area contributed by atoms with Crippen molar-refractivity contribution in [1.82, 2.24) is 5.32 Å². The van der Waals surface area contributed by atoms with Crippen LogP contribution in [0.1, 0.15) is 27.2 Å². The molecule has 1 atom stereocenters. The molecule has 2 heteroatoms. The van der Waals surface area contributed by atoms with Gasteiger partial charge >= 0.3 is 0 Å². The van der Waals surface area contributed by atoms with Gasteiger partial charge in [0.2, 0.25) is 0 Å². The lowest BCUT2D eigenvalue weighted by Gasteiger charge is -2.29. The first-order valence-corrected chi connectivity index (χ1v) is 4.39. The molecule has 0 amide bonds. The Morgan fingerprint density at radius 1 is 1.45 bits per heavy atom. The maximum Gasteiger partial charge on any atom is 0.0620 e. The van der Waals surface area contributed by atoms with Gasteiger partial charge in [-0.2, -0.15) is 0 Å². The van der Waals surface area contributed by atoms with E-state index in [1.807, 2.05) is 0 Å². The van der Waals surface area contributed by atoms with Gasteiger partial charge in [0, 0.05) is 12.6 Å². The lowest BCUT2D eigenvalue weighted by atomic mass is 9.88. The zero-order chi connectivity index (χ0) is 8.32. The highest BCUT2D eigenvalue weighted by Gasteiger charge is 2.20. The Labute approximate surface area is 69.3 Å². The maximum atomic E-state index is 5.37. The van der Waals surface area contributed by atoms with Gasteiger partial charge in [-0.05, 0) is 11.8 Å². The molecule has 1 heterocycles. The molecule has 0 aromatic heterocycles. The van der Waals surface area contributed by atoms with Crippen molar-refractivity contribution >= 4 is 0 Å². The van der Waals surface area contributed by atoms with E-state index in [1.54, 1.807) is 0 Å². The Hall–Kier alpha value is -0.0800. The highest BCUT2D eigenvalue weighted by Crippen LogP contribution is 2.21. The number of hydrogen-bond acceptors (Lipinski definition) is 2. The van der Waals surface area contributed by atoms with Crippen molar-refractivity contribution in [1.29, 1.82) is 0 Å². The second-order valence-electron chi connectivity index (χ2n) is 4.49. The predicted molar refractivity (Wildman–Crippen MR) is 46.7 cm³/mol. The molecular formula is C9H19NO. The molecule has 1 rings (SSSR count). The molecule has 0 unspecified atom stereocenters. The van der Waals surface area contributed by atoms with Crippen LogP contribution in [0.5, 0.6) is 0 Å². The van der Waals surface area contributed by atoms with Gasteiger partial charge in [-0.1, -0.05) is 20.8 Å². The first kappa shape index (κ1) is 9.01. The minimum atomic E-state index is 0.415. The van der Waals surface area contributed by atoms with Crippen molar-refractivity contribution in [3.8, 4) is 0 Å². The standard InChI is InChI=1S/C9H19NO/c1-9(2,3)6-8-7-11-5-4-10-8/h8,10H,4-7H2,1-3H3/t8-/m1/s1. The van der Waals surface area contributed by atoms with Crippen LogP contribution in [-0.2, 0) is 4.74 Å². The monoisotopic (exact) mass is 157 g/mol. The second kappa shape index (κ2) is 3.55. The van der Waals surface area contributed by atoms with Gasteiger partial charge in [0.15, 0.2) is 0 Å². The van der Waals surface area contributed by atoms with E-state index in [2.05, 4.69) is 26.1 Å². The van der Waals surface area contributed by atoms with Gasteiger partial charge < -0.3 is 10.1 Å². The van der Waals surface area contributed by atoms with E-state index >= 15 is 0 Å². The minimum Gasteiger partial charge on any atom is -0.379 e. The average Bonchev–Trinajstić information content (AvgIpc) is 1.85. The smallest absolute Gasteiger partial charge is 0.0620 e. The largest absolute Gasteiger partial charge is 0.379 e. The van der Waals surface area contributed by atoms with Crippen LogP contribution in [0.4, 0.5) is 0 Å². The van der Waals surface area contributed by atoms with Gasteiger partial charge in [0.25, 0.3) is 0 Å². The fraction of sp³-hybridized carbons (Fsp3) is 1.00. The summed E-state index contributed by atoms with van der Waals surface area (Å²) in [5.41, 5.74) is 0.415. The third-order valence-corrected chi connectivity index (χ3v) is 1.86. The number of rotatable bonds is 1. The fourth-order valence-corrected chi connectivity index (χ4v) is 1.49. The van der Waals surface area contributed by atoms with Crippen molar-refractivity contribution < 1.29 is 4.74 Å². The lowest BCUT2D eigenvalue weighted by Crippen LogP contribution is -2.43. The van der Waals surface area contributed by atoms with E-state index in [1.165, 1.54) is 6.42 Å². The molecule has 0 radical (unpaired) electrons. The molecule has 1 fully saturated rings. The normalized spacial score (nSPS) is 27.0. The summed E-state index contributed by atoms with van der Waals surface area (Å²) in [6, 6.07) is 0.573. The summed E-state index contributed by atoms with van der Waals surface area (Å²) in [7, 11) is 0. The molecule has 1 aliphatic rings. The zero-order valence-electron chi connectivity index (χ0n) is 7.81. The summed E-state index contributed by atoms with van der Waals surface area (Å²) < 4.78 is 5.37. The molecule has 0 aliphatic carbocycles. The van der Waals surface area contributed by atoms with Crippen LogP contribution in [0.25, 0.3) is 0 Å². The minimum absolute atomic E-state index is 0.415. The lowest BCUT2D eigenvalue weighted by molar-refractivity contribution is 0.0628. The maximum absolute atomic E-state index is 5.37. The first-order chi connectivity index (χ1) is 5.08. The van der Waals surface area contributed by atoms with Crippen LogP contribution in [0, 0.1) is 5.41 Å². The molecule has 1 aliphatic heterocycles. The summed E-state index contributed by atoms with van der Waals surface area (Å²) in [6.07, 6.45) is 1.20. The van der Waals surface area contributed by atoms with Crippen molar-refractivity contribution in [2.45, 2.75) is 33.2 Å². The van der Waals surface area contributed by atoms with Gasteiger partial charge in [-0.3, -0.25) is 0 Å². The fourth-order valence-electron chi connectivity index (χ4n) is 1.49. The molecule has 1 N–H and O–H groups in total.